The van der Waals surface area contributed by atoms with E-state index in [0.29, 0.717) is 11.4 Å². The van der Waals surface area contributed by atoms with Crippen molar-refractivity contribution in [3.05, 3.63) is 54.9 Å². The summed E-state index contributed by atoms with van der Waals surface area (Å²) in [4.78, 5) is 11.8. The highest BCUT2D eigenvalue weighted by atomic mass is 79.9. The topological polar surface area (TPSA) is 48.6 Å². The van der Waals surface area contributed by atoms with Crippen LogP contribution in [0.1, 0.15) is 36.6 Å². The second-order valence-electron chi connectivity index (χ2n) is 4.54. The molecule has 0 bridgehead atoms. The lowest BCUT2D eigenvalue weighted by Gasteiger charge is -2.07. The van der Waals surface area contributed by atoms with E-state index in [2.05, 4.69) is 26.1 Å². The first-order valence-corrected chi connectivity index (χ1v) is 6.89. The monoisotopic (exact) mass is 328 g/mol. The molecule has 96 valence electrons. The number of benzene rings is 1. The molecule has 18 heavy (non-hydrogen) atoms. The molecule has 3 nitrogen and oxygen atoms in total. The Morgan fingerprint density at radius 3 is 2.67 bits per heavy atom. The highest BCUT2D eigenvalue weighted by molar-refractivity contribution is 9.10. The van der Waals surface area contributed by atoms with Gasteiger partial charge in [-0.15, -0.1) is 0 Å². The summed E-state index contributed by atoms with van der Waals surface area (Å²) in [6, 6.07) is 5.70. The number of halogens is 2. The third-order valence-electron chi connectivity index (χ3n) is 2.87. The Morgan fingerprint density at radius 2 is 2.06 bits per heavy atom. The summed E-state index contributed by atoms with van der Waals surface area (Å²) < 4.78 is 0.934. The number of hydrogen-bond donors (Lipinski definition) is 2. The minimum absolute atomic E-state index is 0.0716. The summed E-state index contributed by atoms with van der Waals surface area (Å²) in [5.74, 6) is 0.271. The van der Waals surface area contributed by atoms with Gasteiger partial charge in [0.2, 0.25) is 0 Å². The number of nitrogens with one attached hydrogen (secondary N) is 2. The first kappa shape index (κ1) is 13.4. The number of aromatic nitrogens is 2. The van der Waals surface area contributed by atoms with Crippen molar-refractivity contribution in [3.63, 3.8) is 0 Å². The second kappa shape index (κ2) is 5.33. The van der Waals surface area contributed by atoms with Crippen molar-refractivity contribution >= 4 is 27.5 Å². The van der Waals surface area contributed by atoms with Crippen LogP contribution in [0.15, 0.2) is 27.5 Å². The third-order valence-corrected chi connectivity index (χ3v) is 3.71. The number of hydrogen-bond acceptors (Lipinski definition) is 1. The summed E-state index contributed by atoms with van der Waals surface area (Å²) >= 11 is 9.55. The molecule has 0 radical (unpaired) electrons. The number of aromatic amines is 2. The van der Waals surface area contributed by atoms with Gasteiger partial charge >= 0.3 is 0 Å². The molecule has 0 fully saturated rings. The maximum atomic E-state index is 11.8. The maximum absolute atomic E-state index is 11.8. The molecule has 5 heteroatoms. The lowest BCUT2D eigenvalue weighted by Crippen LogP contribution is -2.08. The van der Waals surface area contributed by atoms with Crippen molar-refractivity contribution in [1.29, 1.82) is 0 Å². The Labute approximate surface area is 119 Å². The summed E-state index contributed by atoms with van der Waals surface area (Å²) in [7, 11) is 0. The molecule has 0 spiro atoms. The van der Waals surface area contributed by atoms with Gasteiger partial charge in [0, 0.05) is 27.2 Å². The van der Waals surface area contributed by atoms with Crippen molar-refractivity contribution in [1.82, 2.24) is 10.2 Å². The minimum atomic E-state index is -0.0716. The molecular formula is C13H14BrClN2O. The first-order valence-electron chi connectivity index (χ1n) is 5.72. The van der Waals surface area contributed by atoms with Gasteiger partial charge in [0.05, 0.1) is 0 Å². The molecule has 2 aromatic rings. The lowest BCUT2D eigenvalue weighted by atomic mass is 10.00. The lowest BCUT2D eigenvalue weighted by molar-refractivity contribution is 0.799. The predicted octanol–water partition coefficient (Wildman–Crippen LogP) is 3.83. The van der Waals surface area contributed by atoms with Gasteiger partial charge in [-0.3, -0.25) is 9.89 Å². The SMILES string of the molecule is CC(C)c1[nH][nH]c(=O)c1Cc1ccc(Br)cc1Cl. The van der Waals surface area contributed by atoms with E-state index in [4.69, 9.17) is 11.6 Å². The van der Waals surface area contributed by atoms with E-state index < -0.39 is 0 Å². The molecule has 0 aliphatic heterocycles. The van der Waals surface area contributed by atoms with Crippen LogP contribution in [0.2, 0.25) is 5.02 Å². The molecule has 1 aromatic carbocycles. The minimum Gasteiger partial charge on any atom is -0.302 e. The fourth-order valence-corrected chi connectivity index (χ4v) is 2.66. The summed E-state index contributed by atoms with van der Waals surface area (Å²) in [6.07, 6.45) is 0.540. The Morgan fingerprint density at radius 1 is 1.33 bits per heavy atom. The van der Waals surface area contributed by atoms with Crippen LogP contribution >= 0.6 is 27.5 Å². The van der Waals surface area contributed by atoms with Gasteiger partial charge in [0.15, 0.2) is 0 Å². The smallest absolute Gasteiger partial charge is 0.267 e. The van der Waals surface area contributed by atoms with Gasteiger partial charge in [-0.2, -0.15) is 0 Å². The predicted molar refractivity (Wildman–Crippen MR) is 77.5 cm³/mol. The Balaban J connectivity index is 2.40. The summed E-state index contributed by atoms with van der Waals surface area (Å²) in [5, 5.41) is 6.24. The molecule has 1 aromatic heterocycles. The standard InChI is InChI=1S/C13H14BrClN2O/c1-7(2)12-10(13(18)17-16-12)5-8-3-4-9(14)6-11(8)15/h3-4,6-7H,5H2,1-2H3,(H2,16,17,18). The molecule has 0 aliphatic rings. The van der Waals surface area contributed by atoms with Gasteiger partial charge in [0.25, 0.3) is 5.56 Å². The van der Waals surface area contributed by atoms with E-state index in [-0.39, 0.29) is 11.5 Å². The molecule has 2 rings (SSSR count). The van der Waals surface area contributed by atoms with Crippen LogP contribution in [-0.4, -0.2) is 10.2 Å². The van der Waals surface area contributed by atoms with Crippen LogP contribution in [-0.2, 0) is 6.42 Å². The zero-order valence-electron chi connectivity index (χ0n) is 10.2. The fourth-order valence-electron chi connectivity index (χ4n) is 1.92. The van der Waals surface area contributed by atoms with Gasteiger partial charge in [-0.25, -0.2) is 0 Å². The number of H-pyrrole nitrogens is 2. The fraction of sp³-hybridized carbons (Fsp3) is 0.308. The van der Waals surface area contributed by atoms with Crippen molar-refractivity contribution < 1.29 is 0 Å². The van der Waals surface area contributed by atoms with Crippen LogP contribution in [0.5, 0.6) is 0 Å². The van der Waals surface area contributed by atoms with Gasteiger partial charge in [-0.05, 0) is 23.6 Å². The molecule has 1 heterocycles. The van der Waals surface area contributed by atoms with Gasteiger partial charge in [-0.1, -0.05) is 47.4 Å². The van der Waals surface area contributed by atoms with Gasteiger partial charge < -0.3 is 5.10 Å². The Bertz CT molecular complexity index is 616. The highest BCUT2D eigenvalue weighted by Gasteiger charge is 2.14. The second-order valence-corrected chi connectivity index (χ2v) is 5.86. The van der Waals surface area contributed by atoms with E-state index in [1.54, 1.807) is 0 Å². The van der Waals surface area contributed by atoms with E-state index in [1.807, 2.05) is 32.0 Å². The number of rotatable bonds is 3. The average molecular weight is 330 g/mol. The molecule has 0 amide bonds. The van der Waals surface area contributed by atoms with Crippen molar-refractivity contribution in [2.24, 2.45) is 0 Å². The van der Waals surface area contributed by atoms with Crippen molar-refractivity contribution in [2.75, 3.05) is 0 Å². The van der Waals surface area contributed by atoms with Crippen molar-refractivity contribution in [3.8, 4) is 0 Å². The van der Waals surface area contributed by atoms with Crippen LogP contribution in [0.3, 0.4) is 0 Å². The van der Waals surface area contributed by atoms with E-state index >= 15 is 0 Å². The zero-order valence-corrected chi connectivity index (χ0v) is 12.5. The van der Waals surface area contributed by atoms with Crippen molar-refractivity contribution in [2.45, 2.75) is 26.2 Å². The normalized spacial score (nSPS) is 11.2. The van der Waals surface area contributed by atoms with Crippen LogP contribution in [0.25, 0.3) is 0 Å². The molecule has 0 aliphatic carbocycles. The van der Waals surface area contributed by atoms with E-state index in [0.717, 1.165) is 21.3 Å². The summed E-state index contributed by atoms with van der Waals surface area (Å²) in [6.45, 7) is 4.09. The largest absolute Gasteiger partial charge is 0.302 e. The molecule has 0 saturated heterocycles. The highest BCUT2D eigenvalue weighted by Crippen LogP contribution is 2.24. The van der Waals surface area contributed by atoms with Crippen LogP contribution in [0, 0.1) is 0 Å². The Hall–Kier alpha value is -1.000. The Kier molecular flexibility index (Phi) is 3.97. The molecule has 2 N–H and O–H groups in total. The maximum Gasteiger partial charge on any atom is 0.267 e. The van der Waals surface area contributed by atoms with Crippen LogP contribution in [0.4, 0.5) is 0 Å². The zero-order chi connectivity index (χ0) is 13.3. The quantitative estimate of drug-likeness (QED) is 0.883. The molecular weight excluding hydrogens is 316 g/mol. The van der Waals surface area contributed by atoms with E-state index in [1.165, 1.54) is 0 Å². The van der Waals surface area contributed by atoms with Gasteiger partial charge in [0.1, 0.15) is 0 Å². The molecule has 0 saturated carbocycles. The van der Waals surface area contributed by atoms with Crippen LogP contribution < -0.4 is 5.56 Å². The summed E-state index contributed by atoms with van der Waals surface area (Å²) in [5.41, 5.74) is 2.58. The first-order chi connectivity index (χ1) is 8.49. The average Bonchev–Trinajstić information content (AvgIpc) is 2.64. The third kappa shape index (κ3) is 2.70. The molecule has 0 unspecified atom stereocenters. The van der Waals surface area contributed by atoms with E-state index in [9.17, 15) is 4.79 Å². The molecule has 0 atom stereocenters.